The SMILES string of the molecule is Cc1cc(Br)cc(C(=O)NCC(C)(O)CC(=O)O)c1. The van der Waals surface area contributed by atoms with Crippen molar-refractivity contribution in [2.75, 3.05) is 6.54 Å². The van der Waals surface area contributed by atoms with Crippen molar-refractivity contribution in [3.05, 3.63) is 33.8 Å². The molecular weight excluding hydrogens is 314 g/mol. The number of halogens is 1. The highest BCUT2D eigenvalue weighted by Crippen LogP contribution is 2.15. The van der Waals surface area contributed by atoms with Gasteiger partial charge in [-0.2, -0.15) is 0 Å². The molecule has 0 aliphatic heterocycles. The number of carbonyl (C=O) groups is 2. The third kappa shape index (κ3) is 5.40. The highest BCUT2D eigenvalue weighted by atomic mass is 79.9. The third-order valence-electron chi connectivity index (χ3n) is 2.47. The second-order valence-electron chi connectivity index (χ2n) is 4.77. The van der Waals surface area contributed by atoms with Crippen molar-refractivity contribution in [2.24, 2.45) is 0 Å². The topological polar surface area (TPSA) is 86.6 Å². The summed E-state index contributed by atoms with van der Waals surface area (Å²) in [5.41, 5.74) is -0.0856. The lowest BCUT2D eigenvalue weighted by molar-refractivity contribution is -0.141. The lowest BCUT2D eigenvalue weighted by Crippen LogP contribution is -2.42. The zero-order valence-corrected chi connectivity index (χ0v) is 12.3. The Kier molecular flexibility index (Phi) is 5.08. The van der Waals surface area contributed by atoms with Gasteiger partial charge < -0.3 is 15.5 Å². The van der Waals surface area contributed by atoms with Gasteiger partial charge in [0.15, 0.2) is 0 Å². The van der Waals surface area contributed by atoms with E-state index in [0.29, 0.717) is 5.56 Å². The third-order valence-corrected chi connectivity index (χ3v) is 2.92. The highest BCUT2D eigenvalue weighted by molar-refractivity contribution is 9.10. The van der Waals surface area contributed by atoms with Gasteiger partial charge in [0.1, 0.15) is 0 Å². The summed E-state index contributed by atoms with van der Waals surface area (Å²) in [4.78, 5) is 22.4. The quantitative estimate of drug-likeness (QED) is 0.767. The Hall–Kier alpha value is -1.40. The van der Waals surface area contributed by atoms with Gasteiger partial charge in [0.05, 0.1) is 12.0 Å². The number of hydrogen-bond donors (Lipinski definition) is 3. The molecule has 0 spiro atoms. The van der Waals surface area contributed by atoms with Crippen LogP contribution >= 0.6 is 15.9 Å². The van der Waals surface area contributed by atoms with Gasteiger partial charge in [0, 0.05) is 16.6 Å². The van der Waals surface area contributed by atoms with E-state index in [1.165, 1.54) is 6.92 Å². The molecule has 0 aromatic heterocycles. The minimum atomic E-state index is -1.47. The number of carbonyl (C=O) groups excluding carboxylic acids is 1. The maximum Gasteiger partial charge on any atom is 0.306 e. The fourth-order valence-electron chi connectivity index (χ4n) is 1.63. The van der Waals surface area contributed by atoms with Crippen molar-refractivity contribution in [2.45, 2.75) is 25.9 Å². The summed E-state index contributed by atoms with van der Waals surface area (Å²) in [6.45, 7) is 3.11. The molecule has 0 aliphatic carbocycles. The molecule has 0 aliphatic rings. The first-order chi connectivity index (χ1) is 8.69. The molecule has 0 bridgehead atoms. The molecule has 1 rings (SSSR count). The first-order valence-corrected chi connectivity index (χ1v) is 6.48. The lowest BCUT2D eigenvalue weighted by atomic mass is 10.0. The maximum absolute atomic E-state index is 11.9. The summed E-state index contributed by atoms with van der Waals surface area (Å²) in [6, 6.07) is 5.25. The van der Waals surface area contributed by atoms with Crippen molar-refractivity contribution in [3.63, 3.8) is 0 Å². The zero-order chi connectivity index (χ0) is 14.6. The molecule has 1 atom stereocenters. The standard InChI is InChI=1S/C13H16BrNO4/c1-8-3-9(5-10(14)4-8)12(18)15-7-13(2,19)6-11(16)17/h3-5,19H,6-7H2,1-2H3,(H,15,18)(H,16,17). The van der Waals surface area contributed by atoms with Crippen molar-refractivity contribution < 1.29 is 19.8 Å². The van der Waals surface area contributed by atoms with Gasteiger partial charge in [0.2, 0.25) is 0 Å². The van der Waals surface area contributed by atoms with Crippen LogP contribution in [-0.4, -0.2) is 34.2 Å². The number of aliphatic carboxylic acids is 1. The second kappa shape index (κ2) is 6.16. The van der Waals surface area contributed by atoms with Crippen LogP contribution in [0.5, 0.6) is 0 Å². The van der Waals surface area contributed by atoms with E-state index in [-0.39, 0.29) is 12.5 Å². The van der Waals surface area contributed by atoms with Gasteiger partial charge in [-0.05, 0) is 37.6 Å². The van der Waals surface area contributed by atoms with Crippen molar-refractivity contribution in [1.82, 2.24) is 5.32 Å². The Balaban J connectivity index is 2.67. The van der Waals surface area contributed by atoms with Crippen LogP contribution in [0.3, 0.4) is 0 Å². The van der Waals surface area contributed by atoms with Gasteiger partial charge >= 0.3 is 5.97 Å². The van der Waals surface area contributed by atoms with E-state index in [1.807, 2.05) is 13.0 Å². The Morgan fingerprint density at radius 2 is 2.00 bits per heavy atom. The second-order valence-corrected chi connectivity index (χ2v) is 5.68. The number of aryl methyl sites for hydroxylation is 1. The van der Waals surface area contributed by atoms with E-state index in [0.717, 1.165) is 10.0 Å². The Bertz CT molecular complexity index is 479. The molecule has 104 valence electrons. The molecule has 19 heavy (non-hydrogen) atoms. The highest BCUT2D eigenvalue weighted by Gasteiger charge is 2.25. The number of hydrogen-bond acceptors (Lipinski definition) is 3. The van der Waals surface area contributed by atoms with Crippen molar-refractivity contribution in [1.29, 1.82) is 0 Å². The molecule has 0 heterocycles. The van der Waals surface area contributed by atoms with Crippen molar-refractivity contribution in [3.8, 4) is 0 Å². The molecule has 6 heteroatoms. The van der Waals surface area contributed by atoms with E-state index in [4.69, 9.17) is 5.11 Å². The fourth-order valence-corrected chi connectivity index (χ4v) is 2.24. The largest absolute Gasteiger partial charge is 0.481 e. The summed E-state index contributed by atoms with van der Waals surface area (Å²) < 4.78 is 0.787. The average molecular weight is 330 g/mol. The van der Waals surface area contributed by atoms with E-state index < -0.39 is 18.0 Å². The molecule has 1 unspecified atom stereocenters. The van der Waals surface area contributed by atoms with E-state index >= 15 is 0 Å². The van der Waals surface area contributed by atoms with Crippen LogP contribution in [0.15, 0.2) is 22.7 Å². The van der Waals surface area contributed by atoms with E-state index in [1.54, 1.807) is 12.1 Å². The van der Waals surface area contributed by atoms with Crippen molar-refractivity contribution >= 4 is 27.8 Å². The number of amides is 1. The first-order valence-electron chi connectivity index (χ1n) is 5.69. The number of carboxylic acid groups (broad SMARTS) is 1. The molecule has 0 saturated carbocycles. The van der Waals surface area contributed by atoms with Gasteiger partial charge in [-0.15, -0.1) is 0 Å². The molecule has 3 N–H and O–H groups in total. The summed E-state index contributed by atoms with van der Waals surface area (Å²) in [5, 5.41) is 20.9. The van der Waals surface area contributed by atoms with Crippen LogP contribution in [0, 0.1) is 6.92 Å². The van der Waals surface area contributed by atoms with Gasteiger partial charge in [-0.1, -0.05) is 15.9 Å². The lowest BCUT2D eigenvalue weighted by Gasteiger charge is -2.21. The fraction of sp³-hybridized carbons (Fsp3) is 0.385. The smallest absolute Gasteiger partial charge is 0.306 e. The molecule has 1 aromatic carbocycles. The number of benzene rings is 1. The van der Waals surface area contributed by atoms with Crippen LogP contribution in [0.2, 0.25) is 0 Å². The minimum absolute atomic E-state index is 0.121. The van der Waals surface area contributed by atoms with Crippen LogP contribution in [0.1, 0.15) is 29.3 Å². The molecule has 1 amide bonds. The van der Waals surface area contributed by atoms with Gasteiger partial charge in [0.25, 0.3) is 5.91 Å². The summed E-state index contributed by atoms with van der Waals surface area (Å²) in [6.07, 6.45) is -0.426. The normalized spacial score (nSPS) is 13.7. The maximum atomic E-state index is 11.9. The molecular formula is C13H16BrNO4. The first kappa shape index (κ1) is 15.7. The molecule has 0 fully saturated rings. The molecule has 0 radical (unpaired) electrons. The number of nitrogens with one attached hydrogen (secondary N) is 1. The van der Waals surface area contributed by atoms with Crippen LogP contribution in [0.25, 0.3) is 0 Å². The van der Waals surface area contributed by atoms with Gasteiger partial charge in [-0.3, -0.25) is 9.59 Å². The van der Waals surface area contributed by atoms with E-state index in [2.05, 4.69) is 21.2 Å². The molecule has 0 saturated heterocycles. The number of rotatable bonds is 5. The zero-order valence-electron chi connectivity index (χ0n) is 10.7. The van der Waals surface area contributed by atoms with Crippen LogP contribution in [-0.2, 0) is 4.79 Å². The van der Waals surface area contributed by atoms with Gasteiger partial charge in [-0.25, -0.2) is 0 Å². The summed E-state index contributed by atoms with van der Waals surface area (Å²) in [7, 11) is 0. The minimum Gasteiger partial charge on any atom is -0.481 e. The predicted octanol–water partition coefficient (Wildman–Crippen LogP) is 1.71. The molecule has 1 aromatic rings. The average Bonchev–Trinajstić information content (AvgIpc) is 2.22. The summed E-state index contributed by atoms with van der Waals surface area (Å²) >= 11 is 3.30. The Morgan fingerprint density at radius 1 is 1.37 bits per heavy atom. The monoisotopic (exact) mass is 329 g/mol. The number of aliphatic hydroxyl groups is 1. The van der Waals surface area contributed by atoms with E-state index in [9.17, 15) is 14.7 Å². The van der Waals surface area contributed by atoms with Crippen LogP contribution in [0.4, 0.5) is 0 Å². The summed E-state index contributed by atoms with van der Waals surface area (Å²) in [5.74, 6) is -1.47. The number of carboxylic acids is 1. The Labute approximate surface area is 119 Å². The molecule has 5 nitrogen and oxygen atoms in total. The van der Waals surface area contributed by atoms with Crippen LogP contribution < -0.4 is 5.32 Å². The predicted molar refractivity (Wildman–Crippen MR) is 74.1 cm³/mol. The Morgan fingerprint density at radius 3 is 2.53 bits per heavy atom.